The van der Waals surface area contributed by atoms with Crippen molar-refractivity contribution in [2.24, 2.45) is 0 Å². The van der Waals surface area contributed by atoms with Gasteiger partial charge in [0.1, 0.15) is 11.5 Å². The maximum atomic E-state index is 11.9. The Morgan fingerprint density at radius 3 is 2.48 bits per heavy atom. The highest BCUT2D eigenvalue weighted by molar-refractivity contribution is 7.91. The third-order valence-corrected chi connectivity index (χ3v) is 5.20. The topological polar surface area (TPSA) is 111 Å². The van der Waals surface area contributed by atoms with Crippen molar-refractivity contribution in [2.75, 3.05) is 31.0 Å². The number of nitrogens with one attached hydrogen (secondary N) is 2. The van der Waals surface area contributed by atoms with Crippen LogP contribution >= 0.6 is 0 Å². The van der Waals surface area contributed by atoms with Gasteiger partial charge >= 0.3 is 11.8 Å². The highest BCUT2D eigenvalue weighted by Crippen LogP contribution is 2.28. The lowest BCUT2D eigenvalue weighted by atomic mass is 10.2. The average molecular weight is 342 g/mol. The van der Waals surface area contributed by atoms with Crippen LogP contribution in [0.4, 0.5) is 5.69 Å². The zero-order chi connectivity index (χ0) is 17.0. The molecule has 0 bridgehead atoms. The van der Waals surface area contributed by atoms with E-state index in [2.05, 4.69) is 10.6 Å². The number of sulfone groups is 1. The van der Waals surface area contributed by atoms with Gasteiger partial charge < -0.3 is 20.1 Å². The molecule has 8 nitrogen and oxygen atoms in total. The van der Waals surface area contributed by atoms with Crippen LogP contribution in [-0.4, -0.2) is 52.0 Å². The minimum absolute atomic E-state index is 0.0197. The third-order valence-electron chi connectivity index (χ3n) is 3.43. The normalized spacial score (nSPS) is 19.0. The summed E-state index contributed by atoms with van der Waals surface area (Å²) < 4.78 is 32.9. The number of ether oxygens (including phenoxy) is 2. The summed E-state index contributed by atoms with van der Waals surface area (Å²) in [4.78, 5) is 23.8. The summed E-state index contributed by atoms with van der Waals surface area (Å²) in [7, 11) is -0.204. The lowest BCUT2D eigenvalue weighted by Gasteiger charge is -2.13. The fourth-order valence-electron chi connectivity index (χ4n) is 2.24. The molecule has 0 aromatic heterocycles. The summed E-state index contributed by atoms with van der Waals surface area (Å²) in [5, 5.41) is 4.85. The van der Waals surface area contributed by atoms with E-state index in [1.807, 2.05) is 0 Å². The molecule has 1 aromatic carbocycles. The van der Waals surface area contributed by atoms with Crippen molar-refractivity contribution < 1.29 is 27.5 Å². The second-order valence-electron chi connectivity index (χ2n) is 5.09. The van der Waals surface area contributed by atoms with Crippen molar-refractivity contribution in [3.05, 3.63) is 18.2 Å². The van der Waals surface area contributed by atoms with Crippen LogP contribution in [0.15, 0.2) is 18.2 Å². The first-order chi connectivity index (χ1) is 10.8. The van der Waals surface area contributed by atoms with E-state index < -0.39 is 27.7 Å². The molecular weight excluding hydrogens is 324 g/mol. The Bertz CT molecular complexity index is 716. The van der Waals surface area contributed by atoms with Crippen molar-refractivity contribution >= 4 is 27.3 Å². The Balaban J connectivity index is 2.00. The summed E-state index contributed by atoms with van der Waals surface area (Å²) >= 11 is 0. The molecule has 1 aromatic rings. The van der Waals surface area contributed by atoms with Crippen LogP contribution < -0.4 is 20.1 Å². The Kier molecular flexibility index (Phi) is 5.09. The number of anilines is 1. The van der Waals surface area contributed by atoms with Crippen LogP contribution in [0.2, 0.25) is 0 Å². The molecule has 1 unspecified atom stereocenters. The van der Waals surface area contributed by atoms with E-state index in [1.165, 1.54) is 14.2 Å². The largest absolute Gasteiger partial charge is 0.497 e. The number of carbonyl (C=O) groups excluding carboxylic acids is 2. The van der Waals surface area contributed by atoms with Crippen molar-refractivity contribution in [2.45, 2.75) is 12.5 Å². The molecule has 126 valence electrons. The molecule has 23 heavy (non-hydrogen) atoms. The fourth-order valence-corrected chi connectivity index (χ4v) is 3.91. The molecule has 1 aliphatic heterocycles. The van der Waals surface area contributed by atoms with Gasteiger partial charge in [-0.25, -0.2) is 8.42 Å². The number of hydrogen-bond acceptors (Lipinski definition) is 6. The standard InChI is InChI=1S/C14H18N2O6S/c1-21-10-3-4-11(12(7-10)22-2)16-14(18)13(17)15-9-5-6-23(19,20)8-9/h3-4,7,9H,5-6,8H2,1-2H3,(H,15,17)(H,16,18). The Hall–Kier alpha value is -2.29. The van der Waals surface area contributed by atoms with E-state index in [-0.39, 0.29) is 11.5 Å². The zero-order valence-electron chi connectivity index (χ0n) is 12.8. The highest BCUT2D eigenvalue weighted by atomic mass is 32.2. The second-order valence-corrected chi connectivity index (χ2v) is 7.32. The van der Waals surface area contributed by atoms with Crippen molar-refractivity contribution in [3.63, 3.8) is 0 Å². The molecule has 1 aliphatic rings. The van der Waals surface area contributed by atoms with E-state index in [9.17, 15) is 18.0 Å². The van der Waals surface area contributed by atoms with Crippen LogP contribution in [-0.2, 0) is 19.4 Å². The van der Waals surface area contributed by atoms with Gasteiger partial charge in [-0.1, -0.05) is 0 Å². The van der Waals surface area contributed by atoms with E-state index in [0.717, 1.165) is 0 Å². The molecule has 1 fully saturated rings. The van der Waals surface area contributed by atoms with Gasteiger partial charge in [0.25, 0.3) is 0 Å². The Morgan fingerprint density at radius 1 is 1.17 bits per heavy atom. The molecule has 1 heterocycles. The molecule has 0 spiro atoms. The fraction of sp³-hybridized carbons (Fsp3) is 0.429. The molecule has 2 rings (SSSR count). The van der Waals surface area contributed by atoms with Crippen LogP contribution in [0, 0.1) is 0 Å². The monoisotopic (exact) mass is 342 g/mol. The summed E-state index contributed by atoms with van der Waals surface area (Å²) in [6.45, 7) is 0. The first-order valence-corrected chi connectivity index (χ1v) is 8.71. The maximum Gasteiger partial charge on any atom is 0.313 e. The average Bonchev–Trinajstić information content (AvgIpc) is 2.86. The number of methoxy groups -OCH3 is 2. The first kappa shape index (κ1) is 17.1. The maximum absolute atomic E-state index is 11.9. The minimum Gasteiger partial charge on any atom is -0.497 e. The molecule has 1 atom stereocenters. The molecular formula is C14H18N2O6S. The summed E-state index contributed by atoms with van der Waals surface area (Å²) in [6.07, 6.45) is 0.313. The lowest BCUT2D eigenvalue weighted by Crippen LogP contribution is -2.42. The van der Waals surface area contributed by atoms with Gasteiger partial charge in [0.05, 0.1) is 31.4 Å². The smallest absolute Gasteiger partial charge is 0.313 e. The number of amides is 2. The third kappa shape index (κ3) is 4.35. The number of hydrogen-bond donors (Lipinski definition) is 2. The van der Waals surface area contributed by atoms with Crippen molar-refractivity contribution in [3.8, 4) is 11.5 Å². The minimum atomic E-state index is -3.12. The molecule has 0 aliphatic carbocycles. The molecule has 9 heteroatoms. The Morgan fingerprint density at radius 2 is 1.91 bits per heavy atom. The number of carbonyl (C=O) groups is 2. The molecule has 0 radical (unpaired) electrons. The van der Waals surface area contributed by atoms with Gasteiger partial charge in [0.2, 0.25) is 0 Å². The van der Waals surface area contributed by atoms with Crippen LogP contribution in [0.25, 0.3) is 0 Å². The predicted octanol–water partition coefficient (Wildman–Crippen LogP) is -0.0544. The molecule has 2 N–H and O–H groups in total. The van der Waals surface area contributed by atoms with E-state index in [0.29, 0.717) is 23.6 Å². The van der Waals surface area contributed by atoms with Gasteiger partial charge in [-0.3, -0.25) is 9.59 Å². The quantitative estimate of drug-likeness (QED) is 0.742. The van der Waals surface area contributed by atoms with Crippen LogP contribution in [0.1, 0.15) is 6.42 Å². The van der Waals surface area contributed by atoms with Gasteiger partial charge in [0, 0.05) is 12.1 Å². The van der Waals surface area contributed by atoms with E-state index in [1.54, 1.807) is 18.2 Å². The van der Waals surface area contributed by atoms with Gasteiger partial charge in [-0.15, -0.1) is 0 Å². The summed E-state index contributed by atoms with van der Waals surface area (Å²) in [6, 6.07) is 4.19. The van der Waals surface area contributed by atoms with Crippen LogP contribution in [0.3, 0.4) is 0 Å². The van der Waals surface area contributed by atoms with Gasteiger partial charge in [-0.2, -0.15) is 0 Å². The van der Waals surface area contributed by atoms with Crippen molar-refractivity contribution in [1.82, 2.24) is 5.32 Å². The molecule has 2 amide bonds. The zero-order valence-corrected chi connectivity index (χ0v) is 13.6. The second kappa shape index (κ2) is 6.86. The lowest BCUT2D eigenvalue weighted by molar-refractivity contribution is -0.136. The molecule has 0 saturated carbocycles. The summed E-state index contributed by atoms with van der Waals surface area (Å²) in [5.41, 5.74) is 0.312. The van der Waals surface area contributed by atoms with Crippen molar-refractivity contribution in [1.29, 1.82) is 0 Å². The van der Waals surface area contributed by atoms with Crippen LogP contribution in [0.5, 0.6) is 11.5 Å². The SMILES string of the molecule is COc1ccc(NC(=O)C(=O)NC2CCS(=O)(=O)C2)c(OC)c1. The van der Waals surface area contributed by atoms with E-state index >= 15 is 0 Å². The number of rotatable bonds is 4. The van der Waals surface area contributed by atoms with E-state index in [4.69, 9.17) is 9.47 Å². The Labute approximate surface area is 134 Å². The summed E-state index contributed by atoms with van der Waals surface area (Å²) in [5.74, 6) is -1.01. The first-order valence-electron chi connectivity index (χ1n) is 6.89. The predicted molar refractivity (Wildman–Crippen MR) is 83.4 cm³/mol. The van der Waals surface area contributed by atoms with Gasteiger partial charge in [-0.05, 0) is 18.6 Å². The number of benzene rings is 1. The molecule has 1 saturated heterocycles. The van der Waals surface area contributed by atoms with Gasteiger partial charge in [0.15, 0.2) is 9.84 Å². The highest BCUT2D eigenvalue weighted by Gasteiger charge is 2.30.